The van der Waals surface area contributed by atoms with Gasteiger partial charge in [-0.05, 0) is 53.8 Å². The summed E-state index contributed by atoms with van der Waals surface area (Å²) in [5, 5.41) is 14.1. The molecule has 22 heavy (non-hydrogen) atoms. The van der Waals surface area contributed by atoms with E-state index in [0.717, 1.165) is 36.4 Å². The Hall–Kier alpha value is -2.44. The molecule has 2 aromatic rings. The molecule has 1 aliphatic rings. The summed E-state index contributed by atoms with van der Waals surface area (Å²) in [4.78, 5) is 14.3. The van der Waals surface area contributed by atoms with E-state index >= 15 is 0 Å². The molecule has 1 aromatic heterocycles. The van der Waals surface area contributed by atoms with Gasteiger partial charge in [-0.15, -0.1) is 5.10 Å². The first-order valence-electron chi connectivity index (χ1n) is 7.53. The van der Waals surface area contributed by atoms with Crippen LogP contribution in [0.2, 0.25) is 0 Å². The largest absolute Gasteiger partial charge is 0.324 e. The standard InChI is InChI=1S/C15H20N6O/c1-11-4-3-7-20(9-11)15(22)17-14-8-13(6-5-12(14)2)21-10-16-18-19-21/h5-6,8,10-11H,3-4,7,9H2,1-2H3,(H,17,22)/t11-/m0/s1. The molecule has 3 rings (SSSR count). The summed E-state index contributed by atoms with van der Waals surface area (Å²) in [6.07, 6.45) is 3.79. The van der Waals surface area contributed by atoms with E-state index in [-0.39, 0.29) is 6.03 Å². The monoisotopic (exact) mass is 300 g/mol. The molecule has 0 spiro atoms. The van der Waals surface area contributed by atoms with E-state index in [0.29, 0.717) is 5.92 Å². The maximum atomic E-state index is 12.4. The highest BCUT2D eigenvalue weighted by Gasteiger charge is 2.21. The molecule has 0 radical (unpaired) electrons. The van der Waals surface area contributed by atoms with E-state index in [4.69, 9.17) is 0 Å². The first-order valence-corrected chi connectivity index (χ1v) is 7.53. The van der Waals surface area contributed by atoms with Crippen molar-refractivity contribution in [3.05, 3.63) is 30.1 Å². The van der Waals surface area contributed by atoms with Crippen molar-refractivity contribution in [1.29, 1.82) is 0 Å². The quantitative estimate of drug-likeness (QED) is 0.922. The predicted molar refractivity (Wildman–Crippen MR) is 82.9 cm³/mol. The van der Waals surface area contributed by atoms with Crippen molar-refractivity contribution >= 4 is 11.7 Å². The number of nitrogens with zero attached hydrogens (tertiary/aromatic N) is 5. The molecule has 7 heteroatoms. The number of hydrogen-bond donors (Lipinski definition) is 1. The third-order valence-corrected chi connectivity index (χ3v) is 4.02. The van der Waals surface area contributed by atoms with Gasteiger partial charge in [0.1, 0.15) is 6.33 Å². The lowest BCUT2D eigenvalue weighted by molar-refractivity contribution is 0.182. The fraction of sp³-hybridized carbons (Fsp3) is 0.467. The molecule has 0 aliphatic carbocycles. The number of urea groups is 1. The van der Waals surface area contributed by atoms with Gasteiger partial charge in [-0.3, -0.25) is 0 Å². The highest BCUT2D eigenvalue weighted by molar-refractivity contribution is 5.90. The Labute approximate surface area is 129 Å². The van der Waals surface area contributed by atoms with Crippen LogP contribution in [0.5, 0.6) is 0 Å². The summed E-state index contributed by atoms with van der Waals surface area (Å²) in [5.74, 6) is 0.563. The van der Waals surface area contributed by atoms with Crippen LogP contribution in [0.15, 0.2) is 24.5 Å². The Morgan fingerprint density at radius 1 is 1.41 bits per heavy atom. The third-order valence-electron chi connectivity index (χ3n) is 4.02. The van der Waals surface area contributed by atoms with Gasteiger partial charge >= 0.3 is 6.03 Å². The van der Waals surface area contributed by atoms with Gasteiger partial charge in [-0.1, -0.05) is 13.0 Å². The highest BCUT2D eigenvalue weighted by Crippen LogP contribution is 2.21. The summed E-state index contributed by atoms with van der Waals surface area (Å²) in [6, 6.07) is 5.72. The molecule has 2 heterocycles. The molecule has 1 N–H and O–H groups in total. The number of likely N-dealkylation sites (tertiary alicyclic amines) is 1. The van der Waals surface area contributed by atoms with Crippen LogP contribution < -0.4 is 5.32 Å². The fourth-order valence-corrected chi connectivity index (χ4v) is 2.73. The number of carbonyl (C=O) groups is 1. The number of anilines is 1. The summed E-state index contributed by atoms with van der Waals surface area (Å²) < 4.78 is 1.57. The predicted octanol–water partition coefficient (Wildman–Crippen LogP) is 2.23. The molecule has 0 saturated carbocycles. The zero-order chi connectivity index (χ0) is 15.5. The molecule has 0 unspecified atom stereocenters. The lowest BCUT2D eigenvalue weighted by Gasteiger charge is -2.31. The Morgan fingerprint density at radius 2 is 2.27 bits per heavy atom. The lowest BCUT2D eigenvalue weighted by atomic mass is 10.0. The average Bonchev–Trinajstić information content (AvgIpc) is 3.04. The van der Waals surface area contributed by atoms with Gasteiger partial charge in [0.05, 0.1) is 5.69 Å². The Morgan fingerprint density at radius 3 is 3.00 bits per heavy atom. The number of carbonyl (C=O) groups excluding carboxylic acids is 1. The van der Waals surface area contributed by atoms with Crippen molar-refractivity contribution in [3.63, 3.8) is 0 Å². The highest BCUT2D eigenvalue weighted by atomic mass is 16.2. The third kappa shape index (κ3) is 3.08. The van der Waals surface area contributed by atoms with Crippen LogP contribution >= 0.6 is 0 Å². The first kappa shape index (κ1) is 14.5. The first-order chi connectivity index (χ1) is 10.6. The minimum atomic E-state index is -0.0384. The van der Waals surface area contributed by atoms with Gasteiger partial charge in [-0.25, -0.2) is 9.48 Å². The summed E-state index contributed by atoms with van der Waals surface area (Å²) in [6.45, 7) is 5.79. The maximum absolute atomic E-state index is 12.4. The van der Waals surface area contributed by atoms with Crippen molar-refractivity contribution in [2.45, 2.75) is 26.7 Å². The molecule has 116 valence electrons. The van der Waals surface area contributed by atoms with Crippen LogP contribution in [-0.2, 0) is 0 Å². The molecule has 0 bridgehead atoms. The molecule has 2 amide bonds. The molecule has 1 atom stereocenters. The Kier molecular flexibility index (Phi) is 4.04. The zero-order valence-corrected chi connectivity index (χ0v) is 12.9. The average molecular weight is 300 g/mol. The minimum Gasteiger partial charge on any atom is -0.324 e. The summed E-state index contributed by atoms with van der Waals surface area (Å²) >= 11 is 0. The molecule has 1 aromatic carbocycles. The smallest absolute Gasteiger partial charge is 0.321 e. The van der Waals surface area contributed by atoms with Gasteiger partial charge in [0.2, 0.25) is 0 Å². The summed E-state index contributed by atoms with van der Waals surface area (Å²) in [7, 11) is 0. The Bertz CT molecular complexity index is 654. The zero-order valence-electron chi connectivity index (χ0n) is 12.9. The second-order valence-electron chi connectivity index (χ2n) is 5.88. The van der Waals surface area contributed by atoms with Gasteiger partial charge in [0.15, 0.2) is 0 Å². The van der Waals surface area contributed by atoms with Crippen LogP contribution in [-0.4, -0.2) is 44.2 Å². The number of piperidine rings is 1. The minimum absolute atomic E-state index is 0.0384. The van der Waals surface area contributed by atoms with Crippen molar-refractivity contribution in [2.75, 3.05) is 18.4 Å². The number of aromatic nitrogens is 4. The molecular formula is C15H20N6O. The molecular weight excluding hydrogens is 280 g/mol. The van der Waals surface area contributed by atoms with Crippen LogP contribution in [0.25, 0.3) is 5.69 Å². The number of aryl methyl sites for hydroxylation is 1. The second kappa shape index (κ2) is 6.13. The lowest BCUT2D eigenvalue weighted by Crippen LogP contribution is -2.41. The van der Waals surface area contributed by atoms with Crippen LogP contribution in [0.1, 0.15) is 25.3 Å². The second-order valence-corrected chi connectivity index (χ2v) is 5.88. The van der Waals surface area contributed by atoms with Crippen LogP contribution in [0.4, 0.5) is 10.5 Å². The van der Waals surface area contributed by atoms with Crippen LogP contribution in [0, 0.1) is 12.8 Å². The van der Waals surface area contributed by atoms with E-state index in [1.54, 1.807) is 4.68 Å². The van der Waals surface area contributed by atoms with Gasteiger partial charge in [-0.2, -0.15) is 0 Å². The number of tetrazole rings is 1. The van der Waals surface area contributed by atoms with Gasteiger partial charge in [0.25, 0.3) is 0 Å². The number of amides is 2. The van der Waals surface area contributed by atoms with E-state index in [1.807, 2.05) is 30.0 Å². The van der Waals surface area contributed by atoms with Crippen molar-refractivity contribution in [1.82, 2.24) is 25.1 Å². The van der Waals surface area contributed by atoms with Gasteiger partial charge < -0.3 is 10.2 Å². The SMILES string of the molecule is Cc1ccc(-n2cnnn2)cc1NC(=O)N1CCC[C@H](C)C1. The fourth-order valence-electron chi connectivity index (χ4n) is 2.73. The molecule has 7 nitrogen and oxygen atoms in total. The van der Waals surface area contributed by atoms with Gasteiger partial charge in [0, 0.05) is 18.8 Å². The summed E-state index contributed by atoms with van der Waals surface area (Å²) in [5.41, 5.74) is 2.62. The van der Waals surface area contributed by atoms with Crippen molar-refractivity contribution in [2.24, 2.45) is 5.92 Å². The number of hydrogen-bond acceptors (Lipinski definition) is 4. The van der Waals surface area contributed by atoms with E-state index in [2.05, 4.69) is 27.8 Å². The van der Waals surface area contributed by atoms with E-state index < -0.39 is 0 Å². The van der Waals surface area contributed by atoms with Crippen molar-refractivity contribution in [3.8, 4) is 5.69 Å². The molecule has 1 aliphatic heterocycles. The van der Waals surface area contributed by atoms with E-state index in [1.165, 1.54) is 12.7 Å². The number of benzene rings is 1. The molecule has 1 saturated heterocycles. The normalized spacial score (nSPS) is 18.3. The number of nitrogens with one attached hydrogen (secondary N) is 1. The number of rotatable bonds is 2. The topological polar surface area (TPSA) is 75.9 Å². The Balaban J connectivity index is 1.76. The van der Waals surface area contributed by atoms with Crippen molar-refractivity contribution < 1.29 is 4.79 Å². The molecule has 1 fully saturated rings. The maximum Gasteiger partial charge on any atom is 0.321 e. The van der Waals surface area contributed by atoms with Crippen LogP contribution in [0.3, 0.4) is 0 Å². The van der Waals surface area contributed by atoms with E-state index in [9.17, 15) is 4.79 Å².